The van der Waals surface area contributed by atoms with E-state index in [1.54, 1.807) is 11.8 Å². The molecule has 5 heteroatoms. The first kappa shape index (κ1) is 14.1. The predicted octanol–water partition coefficient (Wildman–Crippen LogP) is 2.78. The second-order valence-electron chi connectivity index (χ2n) is 4.52. The maximum atomic E-state index is 10.4. The number of aromatic nitrogens is 2. The monoisotopic (exact) mass is 324 g/mol. The maximum absolute atomic E-state index is 10.4. The summed E-state index contributed by atoms with van der Waals surface area (Å²) in [7, 11) is 3.48. The quantitative estimate of drug-likeness (QED) is 0.940. The summed E-state index contributed by atoms with van der Waals surface area (Å²) in [6.45, 7) is 1.90. The standard InChI is InChI=1S/C14H17BrN2O2/c1-9-12(8-17(2)16-9)13(18)7-10-6-11(15)4-5-14(10)19-3/h4-6,8,13,18H,7H2,1-3H3. The fourth-order valence-corrected chi connectivity index (χ4v) is 2.58. The summed E-state index contributed by atoms with van der Waals surface area (Å²) in [5.74, 6) is 0.781. The first-order valence-corrected chi connectivity index (χ1v) is 6.81. The summed E-state index contributed by atoms with van der Waals surface area (Å²) in [6, 6.07) is 5.78. The molecule has 0 saturated heterocycles. The van der Waals surface area contributed by atoms with Crippen LogP contribution in [0.3, 0.4) is 0 Å². The van der Waals surface area contributed by atoms with E-state index in [0.717, 1.165) is 27.0 Å². The zero-order valence-electron chi connectivity index (χ0n) is 11.2. The average Bonchev–Trinajstić information content (AvgIpc) is 2.69. The Morgan fingerprint density at radius 2 is 2.21 bits per heavy atom. The van der Waals surface area contributed by atoms with Gasteiger partial charge in [-0.05, 0) is 30.7 Å². The fraction of sp³-hybridized carbons (Fsp3) is 0.357. The van der Waals surface area contributed by atoms with Crippen LogP contribution in [0.2, 0.25) is 0 Å². The lowest BCUT2D eigenvalue weighted by Gasteiger charge is -2.13. The molecule has 2 aromatic rings. The smallest absolute Gasteiger partial charge is 0.122 e. The lowest BCUT2D eigenvalue weighted by atomic mass is 10.0. The Morgan fingerprint density at radius 1 is 1.47 bits per heavy atom. The van der Waals surface area contributed by atoms with Crippen LogP contribution >= 0.6 is 15.9 Å². The van der Waals surface area contributed by atoms with Crippen LogP contribution in [0.1, 0.15) is 22.9 Å². The van der Waals surface area contributed by atoms with Crippen LogP contribution in [0, 0.1) is 6.92 Å². The first-order valence-electron chi connectivity index (χ1n) is 6.02. The molecule has 0 amide bonds. The Hall–Kier alpha value is -1.33. The lowest BCUT2D eigenvalue weighted by molar-refractivity contribution is 0.176. The number of rotatable bonds is 4. The third-order valence-electron chi connectivity index (χ3n) is 3.07. The molecule has 0 bridgehead atoms. The molecule has 1 atom stereocenters. The Morgan fingerprint density at radius 3 is 2.79 bits per heavy atom. The molecule has 1 unspecified atom stereocenters. The van der Waals surface area contributed by atoms with Crippen LogP contribution in [-0.4, -0.2) is 22.0 Å². The van der Waals surface area contributed by atoms with Gasteiger partial charge in [0.2, 0.25) is 0 Å². The molecule has 1 heterocycles. The Labute approximate surface area is 121 Å². The van der Waals surface area contributed by atoms with Crippen molar-refractivity contribution >= 4 is 15.9 Å². The van der Waals surface area contributed by atoms with E-state index >= 15 is 0 Å². The second kappa shape index (κ2) is 5.75. The summed E-state index contributed by atoms with van der Waals surface area (Å²) in [5, 5.41) is 14.6. The molecule has 0 radical (unpaired) electrons. The van der Waals surface area contributed by atoms with Crippen LogP contribution in [-0.2, 0) is 13.5 Å². The highest BCUT2D eigenvalue weighted by molar-refractivity contribution is 9.10. The van der Waals surface area contributed by atoms with E-state index in [4.69, 9.17) is 4.74 Å². The molecule has 19 heavy (non-hydrogen) atoms. The van der Waals surface area contributed by atoms with Gasteiger partial charge in [0, 0.05) is 29.7 Å². The molecule has 4 nitrogen and oxygen atoms in total. The number of aryl methyl sites for hydroxylation is 2. The third-order valence-corrected chi connectivity index (χ3v) is 3.56. The molecule has 0 aliphatic carbocycles. The lowest BCUT2D eigenvalue weighted by Crippen LogP contribution is -2.04. The van der Waals surface area contributed by atoms with Crippen molar-refractivity contribution in [3.05, 3.63) is 45.7 Å². The number of aliphatic hydroxyl groups excluding tert-OH is 1. The third kappa shape index (κ3) is 3.16. The molecule has 0 aliphatic rings. The predicted molar refractivity (Wildman–Crippen MR) is 77.3 cm³/mol. The molecular formula is C14H17BrN2O2. The average molecular weight is 325 g/mol. The molecule has 0 saturated carbocycles. The molecular weight excluding hydrogens is 308 g/mol. The van der Waals surface area contributed by atoms with Crippen molar-refractivity contribution in [2.45, 2.75) is 19.4 Å². The van der Waals surface area contributed by atoms with Crippen molar-refractivity contribution in [2.24, 2.45) is 7.05 Å². The molecule has 1 N–H and O–H groups in total. The van der Waals surface area contributed by atoms with Crippen LogP contribution in [0.5, 0.6) is 5.75 Å². The molecule has 0 aliphatic heterocycles. The minimum Gasteiger partial charge on any atom is -0.496 e. The van der Waals surface area contributed by atoms with E-state index in [-0.39, 0.29) is 0 Å². The zero-order chi connectivity index (χ0) is 14.0. The SMILES string of the molecule is COc1ccc(Br)cc1CC(O)c1cn(C)nc1C. The van der Waals surface area contributed by atoms with E-state index in [9.17, 15) is 5.11 Å². The van der Waals surface area contributed by atoms with Gasteiger partial charge in [-0.3, -0.25) is 4.68 Å². The van der Waals surface area contributed by atoms with Gasteiger partial charge < -0.3 is 9.84 Å². The van der Waals surface area contributed by atoms with Gasteiger partial charge in [0.25, 0.3) is 0 Å². The van der Waals surface area contributed by atoms with Crippen molar-refractivity contribution in [1.29, 1.82) is 0 Å². The van der Waals surface area contributed by atoms with Crippen molar-refractivity contribution in [1.82, 2.24) is 9.78 Å². The fourth-order valence-electron chi connectivity index (χ4n) is 2.17. The number of methoxy groups -OCH3 is 1. The minimum atomic E-state index is -0.586. The van der Waals surface area contributed by atoms with Gasteiger partial charge in [-0.1, -0.05) is 15.9 Å². The van der Waals surface area contributed by atoms with Crippen molar-refractivity contribution in [3.63, 3.8) is 0 Å². The van der Waals surface area contributed by atoms with Crippen molar-refractivity contribution < 1.29 is 9.84 Å². The zero-order valence-corrected chi connectivity index (χ0v) is 12.8. The highest BCUT2D eigenvalue weighted by Crippen LogP contribution is 2.28. The van der Waals surface area contributed by atoms with E-state index < -0.39 is 6.10 Å². The Bertz CT molecular complexity index is 581. The van der Waals surface area contributed by atoms with E-state index in [1.807, 2.05) is 38.4 Å². The first-order chi connectivity index (χ1) is 9.01. The number of hydrogen-bond acceptors (Lipinski definition) is 3. The van der Waals surface area contributed by atoms with E-state index in [1.165, 1.54) is 0 Å². The summed E-state index contributed by atoms with van der Waals surface area (Å²) >= 11 is 3.44. The van der Waals surface area contributed by atoms with Gasteiger partial charge >= 0.3 is 0 Å². The summed E-state index contributed by atoms with van der Waals surface area (Å²) < 4.78 is 8.00. The molecule has 1 aromatic heterocycles. The summed E-state index contributed by atoms with van der Waals surface area (Å²) in [5.41, 5.74) is 2.67. The molecule has 0 fully saturated rings. The van der Waals surface area contributed by atoms with Crippen LogP contribution < -0.4 is 4.74 Å². The molecule has 0 spiro atoms. The van der Waals surface area contributed by atoms with E-state index in [2.05, 4.69) is 21.0 Å². The number of hydrogen-bond donors (Lipinski definition) is 1. The van der Waals surface area contributed by atoms with Crippen molar-refractivity contribution in [3.8, 4) is 5.75 Å². The van der Waals surface area contributed by atoms with Crippen molar-refractivity contribution in [2.75, 3.05) is 7.11 Å². The van der Waals surface area contributed by atoms with Gasteiger partial charge in [-0.15, -0.1) is 0 Å². The van der Waals surface area contributed by atoms with Gasteiger partial charge in [0.1, 0.15) is 5.75 Å². The minimum absolute atomic E-state index is 0.495. The van der Waals surface area contributed by atoms with Crippen LogP contribution in [0.15, 0.2) is 28.9 Å². The maximum Gasteiger partial charge on any atom is 0.122 e. The van der Waals surface area contributed by atoms with Crippen LogP contribution in [0.25, 0.3) is 0 Å². The molecule has 2 rings (SSSR count). The van der Waals surface area contributed by atoms with Gasteiger partial charge in [0.05, 0.1) is 18.9 Å². The Kier molecular flexibility index (Phi) is 4.27. The summed E-state index contributed by atoms with van der Waals surface area (Å²) in [4.78, 5) is 0. The number of halogens is 1. The Balaban J connectivity index is 2.25. The number of aliphatic hydroxyl groups is 1. The topological polar surface area (TPSA) is 47.3 Å². The summed E-state index contributed by atoms with van der Waals surface area (Å²) in [6.07, 6.45) is 1.76. The highest BCUT2D eigenvalue weighted by atomic mass is 79.9. The number of ether oxygens (including phenoxy) is 1. The van der Waals surface area contributed by atoms with Crippen LogP contribution in [0.4, 0.5) is 0 Å². The second-order valence-corrected chi connectivity index (χ2v) is 5.44. The highest BCUT2D eigenvalue weighted by Gasteiger charge is 2.16. The van der Waals surface area contributed by atoms with Gasteiger partial charge in [-0.25, -0.2) is 0 Å². The normalized spacial score (nSPS) is 12.5. The molecule has 1 aromatic carbocycles. The largest absolute Gasteiger partial charge is 0.496 e. The number of nitrogens with zero attached hydrogens (tertiary/aromatic N) is 2. The van der Waals surface area contributed by atoms with Gasteiger partial charge in [-0.2, -0.15) is 5.10 Å². The van der Waals surface area contributed by atoms with Gasteiger partial charge in [0.15, 0.2) is 0 Å². The van der Waals surface area contributed by atoms with E-state index in [0.29, 0.717) is 6.42 Å². The molecule has 102 valence electrons. The number of benzene rings is 1.